The first-order chi connectivity index (χ1) is 6.34. The van der Waals surface area contributed by atoms with E-state index in [0.29, 0.717) is 15.0 Å². The van der Waals surface area contributed by atoms with Crippen molar-refractivity contribution < 1.29 is 0 Å². The van der Waals surface area contributed by atoms with Crippen LogP contribution < -0.4 is 5.32 Å². The van der Waals surface area contributed by atoms with Crippen LogP contribution in [0, 0.1) is 0 Å². The molecule has 0 spiro atoms. The number of hydrogen-bond acceptors (Lipinski definition) is 2. The van der Waals surface area contributed by atoms with Crippen molar-refractivity contribution in [2.24, 2.45) is 4.99 Å². The van der Waals surface area contributed by atoms with Gasteiger partial charge in [0.1, 0.15) is 0 Å². The van der Waals surface area contributed by atoms with Gasteiger partial charge < -0.3 is 0 Å². The van der Waals surface area contributed by atoms with Gasteiger partial charge in [-0.25, -0.2) is 0 Å². The molecule has 0 aromatic heterocycles. The molecule has 0 atom stereocenters. The Morgan fingerprint density at radius 1 is 1.31 bits per heavy atom. The van der Waals surface area contributed by atoms with Crippen LogP contribution in [-0.2, 0) is 0 Å². The molecule has 13 heavy (non-hydrogen) atoms. The first kappa shape index (κ1) is 8.54. The Labute approximate surface area is 83.9 Å². The summed E-state index contributed by atoms with van der Waals surface area (Å²) in [5.41, 5.74) is 1.11. The van der Waals surface area contributed by atoms with E-state index in [-0.39, 0.29) is 0 Å². The summed E-state index contributed by atoms with van der Waals surface area (Å²) < 4.78 is 2.33. The van der Waals surface area contributed by atoms with Crippen LogP contribution in [0.2, 0.25) is 0 Å². The second-order valence-corrected chi connectivity index (χ2v) is 5.20. The number of para-hydroxylation sites is 1. The predicted molar refractivity (Wildman–Crippen MR) is 57.3 cm³/mol. The van der Waals surface area contributed by atoms with Gasteiger partial charge in [-0.2, -0.15) is 0 Å². The molecule has 0 aliphatic carbocycles. The molecule has 66 valence electrons. The van der Waals surface area contributed by atoms with Gasteiger partial charge in [0.25, 0.3) is 0 Å². The number of anilines is 1. The van der Waals surface area contributed by atoms with Crippen molar-refractivity contribution in [2.45, 2.75) is 0 Å². The van der Waals surface area contributed by atoms with Crippen LogP contribution in [0.3, 0.4) is 0 Å². The van der Waals surface area contributed by atoms with Crippen molar-refractivity contribution in [1.29, 1.82) is 0 Å². The first-order valence-electron chi connectivity index (χ1n) is 4.07. The van der Waals surface area contributed by atoms with Gasteiger partial charge in [-0.15, -0.1) is 0 Å². The molecular weight excluding hydrogens is 227 g/mol. The predicted octanol–water partition coefficient (Wildman–Crippen LogP) is 1.69. The molecule has 1 aromatic carbocycles. The third-order valence-electron chi connectivity index (χ3n) is 1.67. The van der Waals surface area contributed by atoms with Crippen LogP contribution in [0.25, 0.3) is 0 Å². The molecule has 0 radical (unpaired) electrons. The maximum atomic E-state index is 4.35. The normalized spacial score (nSPS) is 15.7. The van der Waals surface area contributed by atoms with Crippen LogP contribution in [-0.4, -0.2) is 26.2 Å². The minimum absolute atomic E-state index is 0.343. The van der Waals surface area contributed by atoms with Gasteiger partial charge in [0.2, 0.25) is 0 Å². The van der Waals surface area contributed by atoms with E-state index in [1.165, 1.54) is 4.47 Å². The van der Waals surface area contributed by atoms with Gasteiger partial charge in [-0.1, -0.05) is 0 Å². The maximum absolute atomic E-state index is 4.35. The summed E-state index contributed by atoms with van der Waals surface area (Å²) in [4.78, 5) is 4.35. The Bertz CT molecular complexity index is 343. The SMILES string of the molecule is C=C1CN=C(Nc2ccccc2)[Se]1. The molecule has 1 aromatic rings. The zero-order valence-electron chi connectivity index (χ0n) is 7.16. The van der Waals surface area contributed by atoms with E-state index < -0.39 is 0 Å². The number of amidine groups is 1. The summed E-state index contributed by atoms with van der Waals surface area (Å²) in [6, 6.07) is 10.1. The molecule has 2 rings (SSSR count). The fourth-order valence-electron chi connectivity index (χ4n) is 1.07. The second-order valence-electron chi connectivity index (χ2n) is 2.75. The number of benzene rings is 1. The van der Waals surface area contributed by atoms with Gasteiger partial charge in [-0.3, -0.25) is 0 Å². The molecule has 2 nitrogen and oxygen atoms in total. The zero-order chi connectivity index (χ0) is 9.10. The second kappa shape index (κ2) is 3.77. The third kappa shape index (κ3) is 2.20. The van der Waals surface area contributed by atoms with Crippen LogP contribution in [0.15, 0.2) is 46.4 Å². The van der Waals surface area contributed by atoms with Crippen molar-refractivity contribution in [3.63, 3.8) is 0 Å². The zero-order valence-corrected chi connectivity index (χ0v) is 8.87. The Morgan fingerprint density at radius 2 is 2.08 bits per heavy atom. The van der Waals surface area contributed by atoms with Crippen LogP contribution in [0.5, 0.6) is 0 Å². The van der Waals surface area contributed by atoms with Crippen LogP contribution >= 0.6 is 0 Å². The van der Waals surface area contributed by atoms with E-state index >= 15 is 0 Å². The molecule has 0 unspecified atom stereocenters. The van der Waals surface area contributed by atoms with Gasteiger partial charge in [-0.05, 0) is 0 Å². The first-order valence-corrected chi connectivity index (χ1v) is 5.78. The number of aliphatic imine (C=N–C) groups is 1. The van der Waals surface area contributed by atoms with Crippen molar-refractivity contribution in [3.05, 3.63) is 41.4 Å². The van der Waals surface area contributed by atoms with E-state index in [9.17, 15) is 0 Å². The molecule has 0 amide bonds. The number of nitrogens with zero attached hydrogens (tertiary/aromatic N) is 1. The average molecular weight is 237 g/mol. The summed E-state index contributed by atoms with van der Waals surface area (Å²) >= 11 is 0.343. The summed E-state index contributed by atoms with van der Waals surface area (Å²) in [5, 5.41) is 3.29. The van der Waals surface area contributed by atoms with Crippen LogP contribution in [0.1, 0.15) is 0 Å². The van der Waals surface area contributed by atoms with Gasteiger partial charge in [0.15, 0.2) is 0 Å². The topological polar surface area (TPSA) is 24.4 Å². The molecule has 1 heterocycles. The van der Waals surface area contributed by atoms with Crippen molar-refractivity contribution in [3.8, 4) is 0 Å². The molecule has 0 bridgehead atoms. The summed E-state index contributed by atoms with van der Waals surface area (Å²) in [6.07, 6.45) is 0. The Balaban J connectivity index is 2.04. The molecule has 0 fully saturated rings. The Kier molecular flexibility index (Phi) is 2.48. The van der Waals surface area contributed by atoms with Gasteiger partial charge in [0.05, 0.1) is 0 Å². The quantitative estimate of drug-likeness (QED) is 0.738. The molecule has 0 saturated carbocycles. The summed E-state index contributed by atoms with van der Waals surface area (Å²) in [5.74, 6) is 0. The van der Waals surface area contributed by atoms with Crippen molar-refractivity contribution in [2.75, 3.05) is 11.9 Å². The molecule has 3 heteroatoms. The standard InChI is InChI=1S/C10H10N2Se/c1-8-7-11-10(13-8)12-9-5-3-2-4-6-9/h2-6H,1,7H2,(H,11,12). The van der Waals surface area contributed by atoms with E-state index in [1.807, 2.05) is 30.3 Å². The number of nitrogens with one attached hydrogen (secondary N) is 1. The molecule has 1 aliphatic heterocycles. The summed E-state index contributed by atoms with van der Waals surface area (Å²) in [7, 11) is 0. The fraction of sp³-hybridized carbons (Fsp3) is 0.100. The van der Waals surface area contributed by atoms with Crippen molar-refractivity contribution in [1.82, 2.24) is 0 Å². The van der Waals surface area contributed by atoms with E-state index in [1.54, 1.807) is 0 Å². The minimum atomic E-state index is 0.343. The Hall–Kier alpha value is -1.05. The van der Waals surface area contributed by atoms with Crippen LogP contribution in [0.4, 0.5) is 5.69 Å². The number of rotatable bonds is 1. The molecule has 1 N–H and O–H groups in total. The Morgan fingerprint density at radius 3 is 2.69 bits per heavy atom. The van der Waals surface area contributed by atoms with Gasteiger partial charge >= 0.3 is 83.6 Å². The fourth-order valence-corrected chi connectivity index (χ4v) is 2.54. The third-order valence-corrected chi connectivity index (χ3v) is 3.43. The monoisotopic (exact) mass is 238 g/mol. The van der Waals surface area contributed by atoms with E-state index in [4.69, 9.17) is 0 Å². The average Bonchev–Trinajstić information content (AvgIpc) is 2.53. The van der Waals surface area contributed by atoms with E-state index in [2.05, 4.69) is 16.9 Å². The van der Waals surface area contributed by atoms with E-state index in [0.717, 1.165) is 17.0 Å². The molecule has 0 saturated heterocycles. The van der Waals surface area contributed by atoms with Crippen molar-refractivity contribution >= 4 is 25.4 Å². The molecular formula is C10H10N2Se. The number of hydrogen-bond donors (Lipinski definition) is 1. The summed E-state index contributed by atoms with van der Waals surface area (Å²) in [6.45, 7) is 4.72. The molecule has 1 aliphatic rings. The van der Waals surface area contributed by atoms with Gasteiger partial charge in [0, 0.05) is 0 Å².